The first kappa shape index (κ1) is 14.0. The van der Waals surface area contributed by atoms with Crippen molar-refractivity contribution >= 4 is 17.0 Å². The number of piperidine rings is 1. The molecule has 1 unspecified atom stereocenters. The summed E-state index contributed by atoms with van der Waals surface area (Å²) in [5, 5.41) is 3.66. The molecule has 0 saturated carbocycles. The molecule has 114 valence electrons. The Labute approximate surface area is 117 Å². The van der Waals surface area contributed by atoms with Crippen molar-refractivity contribution in [3.8, 4) is 0 Å². The molecule has 3 rings (SSSR count). The lowest BCUT2D eigenvalue weighted by molar-refractivity contribution is -0.141. The molecule has 0 bridgehead atoms. The zero-order valence-electron chi connectivity index (χ0n) is 11.0. The SMILES string of the molecule is FC1CCCN(c2cnc3cnn(CC(F)(F)F)c3n2)C1. The first-order valence-corrected chi connectivity index (χ1v) is 6.57. The predicted molar refractivity (Wildman–Crippen MR) is 67.7 cm³/mol. The molecule has 1 aliphatic rings. The van der Waals surface area contributed by atoms with E-state index in [2.05, 4.69) is 15.1 Å². The van der Waals surface area contributed by atoms with Crippen LogP contribution in [-0.4, -0.2) is 45.2 Å². The van der Waals surface area contributed by atoms with Crippen LogP contribution in [0.4, 0.5) is 23.4 Å². The second kappa shape index (κ2) is 5.12. The summed E-state index contributed by atoms with van der Waals surface area (Å²) < 4.78 is 51.6. The summed E-state index contributed by atoms with van der Waals surface area (Å²) in [6, 6.07) is 0. The molecular weight excluding hydrogens is 290 g/mol. The normalized spacial score (nSPS) is 20.2. The van der Waals surface area contributed by atoms with Crippen LogP contribution in [0, 0.1) is 0 Å². The van der Waals surface area contributed by atoms with Crippen molar-refractivity contribution in [1.82, 2.24) is 19.7 Å². The lowest BCUT2D eigenvalue weighted by Gasteiger charge is -2.29. The van der Waals surface area contributed by atoms with Gasteiger partial charge in [0.15, 0.2) is 5.65 Å². The number of fused-ring (bicyclic) bond motifs is 1. The van der Waals surface area contributed by atoms with Crippen molar-refractivity contribution in [2.45, 2.75) is 31.7 Å². The largest absolute Gasteiger partial charge is 0.408 e. The van der Waals surface area contributed by atoms with E-state index in [4.69, 9.17) is 0 Å². The molecule has 0 N–H and O–H groups in total. The van der Waals surface area contributed by atoms with E-state index >= 15 is 0 Å². The fraction of sp³-hybridized carbons (Fsp3) is 0.583. The molecule has 1 saturated heterocycles. The van der Waals surface area contributed by atoms with Crippen LogP contribution in [0.15, 0.2) is 12.4 Å². The van der Waals surface area contributed by atoms with Gasteiger partial charge in [0.1, 0.15) is 24.1 Å². The molecule has 5 nitrogen and oxygen atoms in total. The van der Waals surface area contributed by atoms with Gasteiger partial charge >= 0.3 is 6.18 Å². The van der Waals surface area contributed by atoms with E-state index in [-0.39, 0.29) is 17.7 Å². The molecule has 3 heterocycles. The number of rotatable bonds is 2. The monoisotopic (exact) mass is 303 g/mol. The van der Waals surface area contributed by atoms with Gasteiger partial charge in [0.2, 0.25) is 0 Å². The van der Waals surface area contributed by atoms with E-state index < -0.39 is 18.9 Å². The first-order chi connectivity index (χ1) is 9.92. The Hall–Kier alpha value is -1.93. The van der Waals surface area contributed by atoms with Gasteiger partial charge in [-0.1, -0.05) is 0 Å². The second-order valence-electron chi connectivity index (χ2n) is 5.04. The van der Waals surface area contributed by atoms with Crippen molar-refractivity contribution in [1.29, 1.82) is 0 Å². The Kier molecular flexibility index (Phi) is 3.42. The molecule has 1 aliphatic heterocycles. The van der Waals surface area contributed by atoms with Crippen LogP contribution >= 0.6 is 0 Å². The minimum absolute atomic E-state index is 0.0609. The summed E-state index contributed by atoms with van der Waals surface area (Å²) in [4.78, 5) is 9.93. The van der Waals surface area contributed by atoms with Gasteiger partial charge in [0.05, 0.1) is 18.9 Å². The maximum absolute atomic E-state index is 13.4. The molecule has 9 heteroatoms. The topological polar surface area (TPSA) is 46.8 Å². The number of hydrogen-bond acceptors (Lipinski definition) is 4. The van der Waals surface area contributed by atoms with Gasteiger partial charge in [-0.25, -0.2) is 19.0 Å². The number of nitrogens with zero attached hydrogens (tertiary/aromatic N) is 5. The standard InChI is InChI=1S/C12H13F4N5/c13-8-2-1-3-20(6-8)10-5-17-9-4-18-21(11(9)19-10)7-12(14,15)16/h4-5,8H,1-3,6-7H2. The highest BCUT2D eigenvalue weighted by Gasteiger charge is 2.30. The van der Waals surface area contributed by atoms with E-state index in [1.807, 2.05) is 0 Å². The summed E-state index contributed by atoms with van der Waals surface area (Å²) in [7, 11) is 0. The molecular formula is C12H13F4N5. The van der Waals surface area contributed by atoms with Gasteiger partial charge in [-0.05, 0) is 12.8 Å². The number of hydrogen-bond donors (Lipinski definition) is 0. The maximum atomic E-state index is 13.4. The zero-order chi connectivity index (χ0) is 15.0. The van der Waals surface area contributed by atoms with Gasteiger partial charge < -0.3 is 4.90 Å². The van der Waals surface area contributed by atoms with Crippen molar-refractivity contribution < 1.29 is 17.6 Å². The van der Waals surface area contributed by atoms with Crippen LogP contribution in [0.5, 0.6) is 0 Å². The van der Waals surface area contributed by atoms with Gasteiger partial charge in [-0.3, -0.25) is 0 Å². The van der Waals surface area contributed by atoms with Crippen LogP contribution in [0.3, 0.4) is 0 Å². The van der Waals surface area contributed by atoms with Crippen molar-refractivity contribution in [3.05, 3.63) is 12.4 Å². The third-order valence-corrected chi connectivity index (χ3v) is 3.35. The predicted octanol–water partition coefficient (Wildman–Crippen LogP) is 2.33. The highest BCUT2D eigenvalue weighted by atomic mass is 19.4. The number of anilines is 1. The molecule has 0 amide bonds. The Morgan fingerprint density at radius 2 is 2.10 bits per heavy atom. The summed E-state index contributed by atoms with van der Waals surface area (Å²) in [6.07, 6.45) is -1.46. The van der Waals surface area contributed by atoms with Gasteiger partial charge in [0, 0.05) is 6.54 Å². The molecule has 2 aromatic heterocycles. The molecule has 1 atom stereocenters. The first-order valence-electron chi connectivity index (χ1n) is 6.57. The van der Waals surface area contributed by atoms with Crippen LogP contribution in [0.1, 0.15) is 12.8 Å². The minimum atomic E-state index is -4.38. The van der Waals surface area contributed by atoms with Gasteiger partial charge in [0.25, 0.3) is 0 Å². The fourth-order valence-electron chi connectivity index (χ4n) is 2.41. The lowest BCUT2D eigenvalue weighted by atomic mass is 10.1. The minimum Gasteiger partial charge on any atom is -0.352 e. The average Bonchev–Trinajstić information content (AvgIpc) is 2.79. The quantitative estimate of drug-likeness (QED) is 0.799. The molecule has 1 fully saturated rings. The third-order valence-electron chi connectivity index (χ3n) is 3.35. The summed E-state index contributed by atoms with van der Waals surface area (Å²) in [6.45, 7) is -0.415. The summed E-state index contributed by atoms with van der Waals surface area (Å²) in [5.41, 5.74) is 0.350. The molecule has 21 heavy (non-hydrogen) atoms. The molecule has 0 radical (unpaired) electrons. The Balaban J connectivity index is 1.93. The second-order valence-corrected chi connectivity index (χ2v) is 5.04. The smallest absolute Gasteiger partial charge is 0.352 e. The van der Waals surface area contributed by atoms with Crippen molar-refractivity contribution in [2.24, 2.45) is 0 Å². The third kappa shape index (κ3) is 3.06. The fourth-order valence-corrected chi connectivity index (χ4v) is 2.41. The van der Waals surface area contributed by atoms with Gasteiger partial charge in [-0.15, -0.1) is 0 Å². The maximum Gasteiger partial charge on any atom is 0.408 e. The number of alkyl halides is 4. The Morgan fingerprint density at radius 1 is 1.29 bits per heavy atom. The van der Waals surface area contributed by atoms with E-state index in [0.717, 1.165) is 4.68 Å². The van der Waals surface area contributed by atoms with Crippen molar-refractivity contribution in [2.75, 3.05) is 18.0 Å². The molecule has 0 aliphatic carbocycles. The van der Waals surface area contributed by atoms with E-state index in [1.165, 1.54) is 12.4 Å². The Morgan fingerprint density at radius 3 is 2.81 bits per heavy atom. The lowest BCUT2D eigenvalue weighted by Crippen LogP contribution is -2.37. The van der Waals surface area contributed by atoms with E-state index in [9.17, 15) is 17.6 Å². The zero-order valence-corrected chi connectivity index (χ0v) is 11.0. The van der Waals surface area contributed by atoms with Gasteiger partial charge in [-0.2, -0.15) is 18.3 Å². The number of aromatic nitrogens is 4. The highest BCUT2D eigenvalue weighted by molar-refractivity contribution is 5.71. The molecule has 2 aromatic rings. The van der Waals surface area contributed by atoms with Crippen LogP contribution in [0.25, 0.3) is 11.2 Å². The number of halogens is 4. The summed E-state index contributed by atoms with van der Waals surface area (Å²) >= 11 is 0. The van der Waals surface area contributed by atoms with Crippen molar-refractivity contribution in [3.63, 3.8) is 0 Å². The van der Waals surface area contributed by atoms with E-state index in [0.29, 0.717) is 25.2 Å². The van der Waals surface area contributed by atoms with Crippen LogP contribution in [0.2, 0.25) is 0 Å². The van der Waals surface area contributed by atoms with Crippen LogP contribution in [-0.2, 0) is 6.54 Å². The highest BCUT2D eigenvalue weighted by Crippen LogP contribution is 2.23. The Bertz CT molecular complexity index is 638. The van der Waals surface area contributed by atoms with E-state index in [1.54, 1.807) is 4.90 Å². The average molecular weight is 303 g/mol. The molecule has 0 spiro atoms. The molecule has 0 aromatic carbocycles. The summed E-state index contributed by atoms with van der Waals surface area (Å²) in [5.74, 6) is 0.383. The van der Waals surface area contributed by atoms with Crippen LogP contribution < -0.4 is 4.90 Å².